The van der Waals surface area contributed by atoms with Crippen LogP contribution in [0.4, 0.5) is 0 Å². The van der Waals surface area contributed by atoms with Crippen molar-refractivity contribution in [1.82, 2.24) is 0 Å². The monoisotopic (exact) mass is 254 g/mol. The zero-order chi connectivity index (χ0) is 13.9. The van der Waals surface area contributed by atoms with Crippen molar-refractivity contribution in [1.29, 1.82) is 5.41 Å². The molecule has 3 N–H and O–H groups in total. The Labute approximate surface area is 115 Å². The molecule has 0 fully saturated rings. The molecule has 2 rings (SSSR count). The summed E-state index contributed by atoms with van der Waals surface area (Å²) in [6.07, 6.45) is 2.94. The first-order valence-electron chi connectivity index (χ1n) is 6.67. The molecule has 0 unspecified atom stereocenters. The molecule has 19 heavy (non-hydrogen) atoms. The van der Waals surface area contributed by atoms with Gasteiger partial charge in [0.05, 0.1) is 5.84 Å². The van der Waals surface area contributed by atoms with Crippen LogP contribution in [0.1, 0.15) is 26.2 Å². The van der Waals surface area contributed by atoms with Gasteiger partial charge in [-0.2, -0.15) is 0 Å². The lowest BCUT2D eigenvalue weighted by atomic mass is 10.1. The van der Waals surface area contributed by atoms with Gasteiger partial charge in [-0.1, -0.05) is 74.0 Å². The van der Waals surface area contributed by atoms with Gasteiger partial charge in [-0.15, -0.1) is 0 Å². The number of hydrogen-bond donors (Lipinski definition) is 2. The van der Waals surface area contributed by atoms with Crippen LogP contribution in [0.2, 0.25) is 0 Å². The summed E-state index contributed by atoms with van der Waals surface area (Å²) in [4.78, 5) is 0. The minimum atomic E-state index is 0.307. The Balaban J connectivity index is 0.000000224. The summed E-state index contributed by atoms with van der Waals surface area (Å²) in [5.41, 5.74) is 7.61. The molecule has 0 aromatic heterocycles. The van der Waals surface area contributed by atoms with Crippen molar-refractivity contribution in [3.05, 3.63) is 60.7 Å². The van der Waals surface area contributed by atoms with Crippen LogP contribution in [-0.4, -0.2) is 5.84 Å². The van der Waals surface area contributed by atoms with Crippen molar-refractivity contribution in [2.24, 2.45) is 5.73 Å². The highest BCUT2D eigenvalue weighted by Crippen LogP contribution is 2.17. The van der Waals surface area contributed by atoms with Crippen LogP contribution in [-0.2, 0) is 0 Å². The van der Waals surface area contributed by atoms with E-state index in [2.05, 4.69) is 55.5 Å². The average molecular weight is 254 g/mol. The molecule has 0 bridgehead atoms. The van der Waals surface area contributed by atoms with E-state index < -0.39 is 0 Å². The summed E-state index contributed by atoms with van der Waals surface area (Å²) in [5, 5.41) is 6.78. The fourth-order valence-electron chi connectivity index (χ4n) is 1.63. The van der Waals surface area contributed by atoms with Gasteiger partial charge in [0.15, 0.2) is 0 Å². The Morgan fingerprint density at radius 3 is 1.58 bits per heavy atom. The Morgan fingerprint density at radius 1 is 0.895 bits per heavy atom. The van der Waals surface area contributed by atoms with E-state index in [1.807, 2.05) is 12.1 Å². The van der Waals surface area contributed by atoms with Gasteiger partial charge in [-0.25, -0.2) is 0 Å². The van der Waals surface area contributed by atoms with Gasteiger partial charge >= 0.3 is 0 Å². The summed E-state index contributed by atoms with van der Waals surface area (Å²) in [7, 11) is 0. The lowest BCUT2D eigenvalue weighted by molar-refractivity contribution is 0.828. The molecule has 0 spiro atoms. The van der Waals surface area contributed by atoms with E-state index in [4.69, 9.17) is 11.1 Å². The highest BCUT2D eigenvalue weighted by Gasteiger charge is 1.91. The molecule has 2 nitrogen and oxygen atoms in total. The third-order valence-electron chi connectivity index (χ3n) is 2.68. The fraction of sp³-hybridized carbons (Fsp3) is 0.235. The van der Waals surface area contributed by atoms with E-state index in [0.29, 0.717) is 5.84 Å². The first-order chi connectivity index (χ1) is 9.24. The number of benzene rings is 2. The SMILES string of the molecule is CCCCC(=N)N.c1ccc(-c2ccccc2)cc1. The summed E-state index contributed by atoms with van der Waals surface area (Å²) in [5.74, 6) is 0.307. The third kappa shape index (κ3) is 6.41. The number of rotatable bonds is 4. The molecule has 2 heteroatoms. The molecule has 0 radical (unpaired) electrons. The van der Waals surface area contributed by atoms with Gasteiger partial charge < -0.3 is 5.73 Å². The van der Waals surface area contributed by atoms with Crippen LogP contribution in [0.5, 0.6) is 0 Å². The lowest BCUT2D eigenvalue weighted by Crippen LogP contribution is -2.07. The number of amidine groups is 1. The van der Waals surface area contributed by atoms with Crippen LogP contribution >= 0.6 is 0 Å². The second kappa shape index (κ2) is 8.92. The normalized spacial score (nSPS) is 9.32. The molecule has 0 aliphatic rings. The predicted octanol–water partition coefficient (Wildman–Crippen LogP) is 4.47. The van der Waals surface area contributed by atoms with E-state index in [1.165, 1.54) is 11.1 Å². The van der Waals surface area contributed by atoms with Gasteiger partial charge in [0.25, 0.3) is 0 Å². The zero-order valence-corrected chi connectivity index (χ0v) is 11.5. The summed E-state index contributed by atoms with van der Waals surface area (Å²) >= 11 is 0. The first-order valence-corrected chi connectivity index (χ1v) is 6.67. The smallest absolute Gasteiger partial charge is 0.0905 e. The number of nitrogens with two attached hydrogens (primary N) is 1. The van der Waals surface area contributed by atoms with Crippen LogP contribution in [0.25, 0.3) is 11.1 Å². The van der Waals surface area contributed by atoms with Crippen molar-refractivity contribution in [3.8, 4) is 11.1 Å². The van der Waals surface area contributed by atoms with E-state index in [0.717, 1.165) is 19.3 Å². The number of nitrogens with one attached hydrogen (secondary N) is 1. The highest BCUT2D eigenvalue weighted by atomic mass is 14.7. The van der Waals surface area contributed by atoms with E-state index >= 15 is 0 Å². The van der Waals surface area contributed by atoms with E-state index in [9.17, 15) is 0 Å². The van der Waals surface area contributed by atoms with Crippen molar-refractivity contribution in [2.75, 3.05) is 0 Å². The van der Waals surface area contributed by atoms with E-state index in [-0.39, 0.29) is 0 Å². The molecule has 2 aromatic carbocycles. The predicted molar refractivity (Wildman–Crippen MR) is 83.3 cm³/mol. The second-order valence-corrected chi connectivity index (χ2v) is 4.36. The molecule has 0 saturated heterocycles. The van der Waals surface area contributed by atoms with Crippen molar-refractivity contribution >= 4 is 5.84 Å². The Bertz CT molecular complexity index is 426. The molecule has 2 aromatic rings. The van der Waals surface area contributed by atoms with Gasteiger partial charge in [0, 0.05) is 6.42 Å². The molecule has 0 aliphatic heterocycles. The van der Waals surface area contributed by atoms with Crippen LogP contribution in [0.3, 0.4) is 0 Å². The molecule has 0 heterocycles. The number of unbranched alkanes of at least 4 members (excludes halogenated alkanes) is 1. The van der Waals surface area contributed by atoms with E-state index in [1.54, 1.807) is 0 Å². The summed E-state index contributed by atoms with van der Waals surface area (Å²) in [6, 6.07) is 20.8. The molecule has 100 valence electrons. The second-order valence-electron chi connectivity index (χ2n) is 4.36. The van der Waals surface area contributed by atoms with Gasteiger partial charge in [-0.05, 0) is 17.5 Å². The Morgan fingerprint density at radius 2 is 1.32 bits per heavy atom. The van der Waals surface area contributed by atoms with Gasteiger partial charge in [0.1, 0.15) is 0 Å². The largest absolute Gasteiger partial charge is 0.388 e. The van der Waals surface area contributed by atoms with Crippen LogP contribution in [0.15, 0.2) is 60.7 Å². The summed E-state index contributed by atoms with van der Waals surface area (Å²) in [6.45, 7) is 2.09. The molecule has 0 amide bonds. The third-order valence-corrected chi connectivity index (χ3v) is 2.68. The quantitative estimate of drug-likeness (QED) is 0.614. The van der Waals surface area contributed by atoms with Crippen molar-refractivity contribution < 1.29 is 0 Å². The van der Waals surface area contributed by atoms with Crippen molar-refractivity contribution in [3.63, 3.8) is 0 Å². The number of hydrogen-bond acceptors (Lipinski definition) is 1. The molecular weight excluding hydrogens is 232 g/mol. The van der Waals surface area contributed by atoms with Gasteiger partial charge in [0.2, 0.25) is 0 Å². The van der Waals surface area contributed by atoms with Crippen molar-refractivity contribution in [2.45, 2.75) is 26.2 Å². The lowest BCUT2D eigenvalue weighted by Gasteiger charge is -1.98. The average Bonchev–Trinajstić information content (AvgIpc) is 2.47. The zero-order valence-electron chi connectivity index (χ0n) is 11.5. The minimum absolute atomic E-state index is 0.307. The molecule has 0 atom stereocenters. The summed E-state index contributed by atoms with van der Waals surface area (Å²) < 4.78 is 0. The topological polar surface area (TPSA) is 49.9 Å². The van der Waals surface area contributed by atoms with Crippen LogP contribution in [0, 0.1) is 5.41 Å². The van der Waals surface area contributed by atoms with Crippen LogP contribution < -0.4 is 5.73 Å². The maximum Gasteiger partial charge on any atom is 0.0905 e. The molecule has 0 saturated carbocycles. The maximum atomic E-state index is 6.78. The minimum Gasteiger partial charge on any atom is -0.388 e. The molecular formula is C17H22N2. The Kier molecular flexibility index (Phi) is 7.03. The van der Waals surface area contributed by atoms with Gasteiger partial charge in [-0.3, -0.25) is 5.41 Å². The fourth-order valence-corrected chi connectivity index (χ4v) is 1.63. The maximum absolute atomic E-state index is 6.78. The molecule has 0 aliphatic carbocycles. The standard InChI is InChI=1S/C12H10.C5H12N2/c1-3-7-11(8-4-1)12-9-5-2-6-10-12;1-2-3-4-5(6)7/h1-10H;2-4H2,1H3,(H3,6,7). The first kappa shape index (κ1) is 15.0. The highest BCUT2D eigenvalue weighted by molar-refractivity contribution is 5.76. The Hall–Kier alpha value is -2.09.